The molecule has 0 aliphatic carbocycles. The van der Waals surface area contributed by atoms with Gasteiger partial charge in [-0.3, -0.25) is 9.59 Å². The van der Waals surface area contributed by atoms with E-state index in [1.54, 1.807) is 11.4 Å². The molecule has 0 radical (unpaired) electrons. The highest BCUT2D eigenvalue weighted by Gasteiger charge is 2.39. The van der Waals surface area contributed by atoms with Crippen LogP contribution in [0.2, 0.25) is 0 Å². The van der Waals surface area contributed by atoms with Gasteiger partial charge in [-0.1, -0.05) is 0 Å². The lowest BCUT2D eigenvalue weighted by Gasteiger charge is -2.27. The molecule has 2 amide bonds. The third-order valence-corrected chi connectivity index (χ3v) is 2.93. The Kier molecular flexibility index (Phi) is 4.32. The lowest BCUT2D eigenvalue weighted by molar-refractivity contribution is -0.167. The van der Waals surface area contributed by atoms with Crippen molar-refractivity contribution in [1.29, 1.82) is 5.26 Å². The summed E-state index contributed by atoms with van der Waals surface area (Å²) in [6.45, 7) is 0.493. The van der Waals surface area contributed by atoms with Gasteiger partial charge in [-0.05, 0) is 18.2 Å². The Morgan fingerprint density at radius 1 is 1.41 bits per heavy atom. The zero-order valence-electron chi connectivity index (χ0n) is 11.1. The smallest absolute Gasteiger partial charge is 0.370 e. The Hall–Kier alpha value is -2.60. The second-order valence-electron chi connectivity index (χ2n) is 4.39. The fraction of sp³-hybridized carbons (Fsp3) is 0.308. The summed E-state index contributed by atoms with van der Waals surface area (Å²) in [5, 5.41) is 10.6. The van der Waals surface area contributed by atoms with E-state index in [0.717, 1.165) is 6.07 Å². The molecule has 1 aliphatic rings. The number of hydrogen-bond donors (Lipinski definition) is 1. The molecule has 2 rings (SSSR count). The quantitative estimate of drug-likeness (QED) is 0.895. The first-order valence-electron chi connectivity index (χ1n) is 6.13. The van der Waals surface area contributed by atoms with Crippen molar-refractivity contribution < 1.29 is 27.5 Å². The highest BCUT2D eigenvalue weighted by Crippen LogP contribution is 2.26. The number of rotatable bonds is 2. The van der Waals surface area contributed by atoms with Gasteiger partial charge in [0.25, 0.3) is 5.91 Å². The van der Waals surface area contributed by atoms with E-state index in [4.69, 9.17) is 10.00 Å². The summed E-state index contributed by atoms with van der Waals surface area (Å²) in [4.78, 5) is 24.0. The van der Waals surface area contributed by atoms with Gasteiger partial charge in [0.1, 0.15) is 12.7 Å². The molecule has 1 saturated heterocycles. The average molecular weight is 313 g/mol. The number of anilines is 2. The van der Waals surface area contributed by atoms with E-state index >= 15 is 0 Å². The first kappa shape index (κ1) is 15.8. The molecule has 0 aromatic heterocycles. The molecule has 0 saturated carbocycles. The fourth-order valence-corrected chi connectivity index (χ4v) is 1.89. The number of ether oxygens (including phenoxy) is 1. The third-order valence-electron chi connectivity index (χ3n) is 2.93. The van der Waals surface area contributed by atoms with E-state index in [0.29, 0.717) is 12.3 Å². The van der Waals surface area contributed by atoms with Gasteiger partial charge >= 0.3 is 12.1 Å². The molecule has 116 valence electrons. The molecule has 1 aromatic rings. The maximum atomic E-state index is 12.2. The molecule has 0 spiro atoms. The lowest BCUT2D eigenvalue weighted by Crippen LogP contribution is -2.41. The number of amides is 2. The molecule has 0 atom stereocenters. The molecule has 0 unspecified atom stereocenters. The SMILES string of the molecule is N#Cc1cc(N2CCOCC2=O)ccc1NC(=O)C(F)(F)F. The Morgan fingerprint density at radius 2 is 2.14 bits per heavy atom. The molecular formula is C13H10F3N3O3. The highest BCUT2D eigenvalue weighted by molar-refractivity contribution is 5.98. The number of hydrogen-bond acceptors (Lipinski definition) is 4. The van der Waals surface area contributed by atoms with Crippen LogP contribution in [0.1, 0.15) is 5.56 Å². The van der Waals surface area contributed by atoms with Gasteiger partial charge in [-0.2, -0.15) is 18.4 Å². The first-order valence-corrected chi connectivity index (χ1v) is 6.13. The van der Waals surface area contributed by atoms with Crippen LogP contribution in [0.4, 0.5) is 24.5 Å². The normalized spacial score (nSPS) is 15.4. The molecule has 1 heterocycles. The Morgan fingerprint density at radius 3 is 2.73 bits per heavy atom. The largest absolute Gasteiger partial charge is 0.471 e. The van der Waals surface area contributed by atoms with Gasteiger partial charge in [-0.25, -0.2) is 0 Å². The second kappa shape index (κ2) is 6.03. The van der Waals surface area contributed by atoms with Crippen molar-refractivity contribution in [2.75, 3.05) is 30.0 Å². The molecule has 9 heteroatoms. The Labute approximate surface area is 123 Å². The highest BCUT2D eigenvalue weighted by atomic mass is 19.4. The van der Waals surface area contributed by atoms with Crippen molar-refractivity contribution in [3.63, 3.8) is 0 Å². The summed E-state index contributed by atoms with van der Waals surface area (Å²) in [5.41, 5.74) is -0.0847. The molecule has 6 nitrogen and oxygen atoms in total. The zero-order valence-corrected chi connectivity index (χ0v) is 11.1. The van der Waals surface area contributed by atoms with Crippen LogP contribution in [0.5, 0.6) is 0 Å². The van der Waals surface area contributed by atoms with Gasteiger partial charge in [0.2, 0.25) is 0 Å². The molecule has 1 N–H and O–H groups in total. The summed E-state index contributed by atoms with van der Waals surface area (Å²) in [7, 11) is 0. The number of nitrogens with zero attached hydrogens (tertiary/aromatic N) is 2. The number of alkyl halides is 3. The van der Waals surface area contributed by atoms with Gasteiger partial charge in [-0.15, -0.1) is 0 Å². The van der Waals surface area contributed by atoms with E-state index in [-0.39, 0.29) is 30.3 Å². The van der Waals surface area contributed by atoms with Crippen LogP contribution in [0.25, 0.3) is 0 Å². The number of morpholine rings is 1. The number of nitrogens with one attached hydrogen (secondary N) is 1. The minimum Gasteiger partial charge on any atom is -0.370 e. The molecule has 1 aliphatic heterocycles. The van der Waals surface area contributed by atoms with Crippen LogP contribution in [0, 0.1) is 11.3 Å². The summed E-state index contributed by atoms with van der Waals surface area (Å²) >= 11 is 0. The van der Waals surface area contributed by atoms with E-state index in [1.165, 1.54) is 17.0 Å². The van der Waals surface area contributed by atoms with Crippen LogP contribution < -0.4 is 10.2 Å². The number of halogens is 3. The zero-order chi connectivity index (χ0) is 16.3. The standard InChI is InChI=1S/C13H10F3N3O3/c14-13(15,16)12(21)18-10-2-1-9(5-8(10)6-17)19-3-4-22-7-11(19)20/h1-2,5H,3-4,7H2,(H,18,21). The van der Waals surface area contributed by atoms with Crippen molar-refractivity contribution in [2.24, 2.45) is 0 Å². The van der Waals surface area contributed by atoms with Crippen LogP contribution in [0.3, 0.4) is 0 Å². The topological polar surface area (TPSA) is 82.4 Å². The molecule has 1 aromatic carbocycles. The maximum Gasteiger partial charge on any atom is 0.471 e. The summed E-state index contributed by atoms with van der Waals surface area (Å²) in [6, 6.07) is 5.45. The molecule has 0 bridgehead atoms. The van der Waals surface area contributed by atoms with Gasteiger partial charge in [0.15, 0.2) is 0 Å². The van der Waals surface area contributed by atoms with Crippen LogP contribution in [-0.4, -0.2) is 37.7 Å². The minimum absolute atomic E-state index is 0.103. The van der Waals surface area contributed by atoms with Crippen molar-refractivity contribution in [3.8, 4) is 6.07 Å². The molecule has 1 fully saturated rings. The number of carbonyl (C=O) groups is 2. The van der Waals surface area contributed by atoms with Crippen LogP contribution >= 0.6 is 0 Å². The lowest BCUT2D eigenvalue weighted by atomic mass is 10.1. The van der Waals surface area contributed by atoms with Crippen molar-refractivity contribution in [1.82, 2.24) is 0 Å². The minimum atomic E-state index is -5.05. The molecule has 22 heavy (non-hydrogen) atoms. The number of nitriles is 1. The average Bonchev–Trinajstić information content (AvgIpc) is 2.47. The Bertz CT molecular complexity index is 652. The van der Waals surface area contributed by atoms with Gasteiger partial charge in [0, 0.05) is 12.2 Å². The van der Waals surface area contributed by atoms with E-state index in [1.807, 2.05) is 0 Å². The second-order valence-corrected chi connectivity index (χ2v) is 4.39. The monoisotopic (exact) mass is 313 g/mol. The Balaban J connectivity index is 2.27. The molecular weight excluding hydrogens is 303 g/mol. The summed E-state index contributed by atoms with van der Waals surface area (Å²) in [6.07, 6.45) is -5.05. The predicted octanol–water partition coefficient (Wildman–Crippen LogP) is 1.42. The van der Waals surface area contributed by atoms with E-state index < -0.39 is 12.1 Å². The first-order chi connectivity index (χ1) is 10.3. The van der Waals surface area contributed by atoms with Crippen molar-refractivity contribution >= 4 is 23.2 Å². The predicted molar refractivity (Wildman–Crippen MR) is 69.0 cm³/mol. The van der Waals surface area contributed by atoms with E-state index in [9.17, 15) is 22.8 Å². The van der Waals surface area contributed by atoms with Crippen molar-refractivity contribution in [3.05, 3.63) is 23.8 Å². The van der Waals surface area contributed by atoms with E-state index in [2.05, 4.69) is 0 Å². The summed E-state index contributed by atoms with van der Waals surface area (Å²) < 4.78 is 41.7. The fourth-order valence-electron chi connectivity index (χ4n) is 1.89. The van der Waals surface area contributed by atoms with Gasteiger partial charge in [0.05, 0.1) is 17.9 Å². The summed E-state index contributed by atoms with van der Waals surface area (Å²) in [5.74, 6) is -2.48. The maximum absolute atomic E-state index is 12.2. The van der Waals surface area contributed by atoms with Crippen LogP contribution in [0.15, 0.2) is 18.2 Å². The third kappa shape index (κ3) is 3.35. The van der Waals surface area contributed by atoms with Gasteiger partial charge < -0.3 is 15.0 Å². The number of benzene rings is 1. The van der Waals surface area contributed by atoms with Crippen LogP contribution in [-0.2, 0) is 14.3 Å². The number of carbonyl (C=O) groups excluding carboxylic acids is 2. The van der Waals surface area contributed by atoms with Crippen molar-refractivity contribution in [2.45, 2.75) is 6.18 Å².